The first-order valence-electron chi connectivity index (χ1n) is 8.24. The van der Waals surface area contributed by atoms with Gasteiger partial charge in [-0.2, -0.15) is 0 Å². The number of carbonyl (C=O) groups is 2. The number of thioether (sulfide) groups is 1. The Bertz CT molecular complexity index is 1030. The van der Waals surface area contributed by atoms with Crippen molar-refractivity contribution in [2.24, 2.45) is 0 Å². The van der Waals surface area contributed by atoms with E-state index in [2.05, 4.69) is 15.6 Å². The fourth-order valence-corrected chi connectivity index (χ4v) is 4.01. The zero-order chi connectivity index (χ0) is 19.4. The Morgan fingerprint density at radius 2 is 1.96 bits per heavy atom. The van der Waals surface area contributed by atoms with Gasteiger partial charge in [-0.3, -0.25) is 19.5 Å². The van der Waals surface area contributed by atoms with E-state index in [0.717, 1.165) is 11.8 Å². The SMILES string of the molecule is CC(C)NC(=O)NC(=O)CSc1nc2sccc2c(=O)n1-c1ccccc1. The number of nitrogens with zero attached hydrogens (tertiary/aromatic N) is 2. The van der Waals surface area contributed by atoms with E-state index >= 15 is 0 Å². The summed E-state index contributed by atoms with van der Waals surface area (Å²) in [5.74, 6) is -0.500. The summed E-state index contributed by atoms with van der Waals surface area (Å²) >= 11 is 2.48. The van der Waals surface area contributed by atoms with Crippen LogP contribution in [0.4, 0.5) is 4.79 Å². The summed E-state index contributed by atoms with van der Waals surface area (Å²) in [5.41, 5.74) is 0.483. The van der Waals surface area contributed by atoms with Crippen LogP contribution in [0.3, 0.4) is 0 Å². The Morgan fingerprint density at radius 1 is 1.22 bits per heavy atom. The summed E-state index contributed by atoms with van der Waals surface area (Å²) in [6.07, 6.45) is 0. The van der Waals surface area contributed by atoms with Gasteiger partial charge in [0.15, 0.2) is 5.16 Å². The number of carbonyl (C=O) groups excluding carboxylic acids is 2. The van der Waals surface area contributed by atoms with Gasteiger partial charge in [-0.25, -0.2) is 9.78 Å². The van der Waals surface area contributed by atoms with Crippen molar-refractivity contribution in [2.75, 3.05) is 5.75 Å². The van der Waals surface area contributed by atoms with Crippen LogP contribution in [0.2, 0.25) is 0 Å². The summed E-state index contributed by atoms with van der Waals surface area (Å²) in [6, 6.07) is 10.3. The number of imide groups is 1. The van der Waals surface area contributed by atoms with Gasteiger partial charge >= 0.3 is 6.03 Å². The van der Waals surface area contributed by atoms with Gasteiger partial charge < -0.3 is 5.32 Å². The largest absolute Gasteiger partial charge is 0.336 e. The lowest BCUT2D eigenvalue weighted by atomic mass is 10.3. The van der Waals surface area contributed by atoms with Gasteiger partial charge in [0.2, 0.25) is 5.91 Å². The quantitative estimate of drug-likeness (QED) is 0.506. The first-order chi connectivity index (χ1) is 13.0. The Kier molecular flexibility index (Phi) is 5.92. The van der Waals surface area contributed by atoms with E-state index in [4.69, 9.17) is 0 Å². The minimum atomic E-state index is -0.544. The second-order valence-electron chi connectivity index (χ2n) is 5.97. The fraction of sp³-hybridized carbons (Fsp3) is 0.222. The molecule has 3 rings (SSSR count). The molecule has 2 N–H and O–H groups in total. The van der Waals surface area contributed by atoms with Crippen molar-refractivity contribution in [1.82, 2.24) is 20.2 Å². The minimum absolute atomic E-state index is 0.0400. The van der Waals surface area contributed by atoms with Crippen molar-refractivity contribution >= 4 is 45.3 Å². The van der Waals surface area contributed by atoms with Crippen LogP contribution in [0.1, 0.15) is 13.8 Å². The summed E-state index contributed by atoms with van der Waals surface area (Å²) in [7, 11) is 0. The van der Waals surface area contributed by atoms with E-state index in [-0.39, 0.29) is 17.4 Å². The van der Waals surface area contributed by atoms with Gasteiger partial charge in [-0.1, -0.05) is 30.0 Å². The number of urea groups is 1. The van der Waals surface area contributed by atoms with Crippen LogP contribution < -0.4 is 16.2 Å². The van der Waals surface area contributed by atoms with Crippen molar-refractivity contribution in [3.8, 4) is 5.69 Å². The Labute approximate surface area is 163 Å². The summed E-state index contributed by atoms with van der Waals surface area (Å²) < 4.78 is 1.49. The van der Waals surface area contributed by atoms with Crippen molar-refractivity contribution in [3.63, 3.8) is 0 Å². The van der Waals surface area contributed by atoms with Crippen LogP contribution in [0.5, 0.6) is 0 Å². The molecule has 9 heteroatoms. The summed E-state index contributed by atoms with van der Waals surface area (Å²) in [6.45, 7) is 3.61. The van der Waals surface area contributed by atoms with E-state index < -0.39 is 11.9 Å². The van der Waals surface area contributed by atoms with Gasteiger partial charge in [0, 0.05) is 6.04 Å². The third kappa shape index (κ3) is 4.55. The highest BCUT2D eigenvalue weighted by atomic mass is 32.2. The number of nitrogens with one attached hydrogen (secondary N) is 2. The molecule has 0 saturated heterocycles. The van der Waals surface area contributed by atoms with Gasteiger partial charge in [0.25, 0.3) is 5.56 Å². The molecule has 0 unspecified atom stereocenters. The molecule has 3 aromatic rings. The third-order valence-electron chi connectivity index (χ3n) is 3.49. The molecule has 1 aromatic carbocycles. The molecule has 0 bridgehead atoms. The van der Waals surface area contributed by atoms with Gasteiger partial charge in [0.1, 0.15) is 4.83 Å². The molecule has 7 nitrogen and oxygen atoms in total. The molecule has 0 radical (unpaired) electrons. The molecule has 0 atom stereocenters. The monoisotopic (exact) mass is 402 g/mol. The average molecular weight is 403 g/mol. The van der Waals surface area contributed by atoms with Crippen molar-refractivity contribution in [3.05, 3.63) is 52.1 Å². The molecule has 0 aliphatic heterocycles. The third-order valence-corrected chi connectivity index (χ3v) is 5.23. The number of thiophene rings is 1. The molecule has 27 heavy (non-hydrogen) atoms. The smallest absolute Gasteiger partial charge is 0.321 e. The second-order valence-corrected chi connectivity index (χ2v) is 7.81. The Morgan fingerprint density at radius 3 is 2.67 bits per heavy atom. The van der Waals surface area contributed by atoms with E-state index in [1.54, 1.807) is 19.9 Å². The topological polar surface area (TPSA) is 93.1 Å². The number of hydrogen-bond acceptors (Lipinski definition) is 6. The van der Waals surface area contributed by atoms with Crippen molar-refractivity contribution in [1.29, 1.82) is 0 Å². The maximum Gasteiger partial charge on any atom is 0.321 e. The normalized spacial score (nSPS) is 10.9. The van der Waals surface area contributed by atoms with E-state index in [9.17, 15) is 14.4 Å². The molecule has 0 aliphatic carbocycles. The van der Waals surface area contributed by atoms with Crippen LogP contribution >= 0.6 is 23.1 Å². The van der Waals surface area contributed by atoms with E-state index in [1.165, 1.54) is 15.9 Å². The maximum absolute atomic E-state index is 12.9. The number of para-hydroxylation sites is 1. The highest BCUT2D eigenvalue weighted by Crippen LogP contribution is 2.23. The zero-order valence-corrected chi connectivity index (χ0v) is 16.4. The van der Waals surface area contributed by atoms with Crippen molar-refractivity contribution < 1.29 is 9.59 Å². The van der Waals surface area contributed by atoms with Crippen LogP contribution in [0, 0.1) is 0 Å². The highest BCUT2D eigenvalue weighted by Gasteiger charge is 2.16. The number of hydrogen-bond donors (Lipinski definition) is 2. The number of rotatable bonds is 5. The van der Waals surface area contributed by atoms with Crippen LogP contribution in [0.25, 0.3) is 15.9 Å². The molecular weight excluding hydrogens is 384 g/mol. The molecule has 3 amide bonds. The number of benzene rings is 1. The number of amides is 3. The van der Waals surface area contributed by atoms with E-state index in [1.807, 2.05) is 35.7 Å². The molecule has 2 aromatic heterocycles. The lowest BCUT2D eigenvalue weighted by Crippen LogP contribution is -2.43. The minimum Gasteiger partial charge on any atom is -0.336 e. The molecular formula is C18H18N4O3S2. The second kappa shape index (κ2) is 8.36. The van der Waals surface area contributed by atoms with Crippen LogP contribution in [-0.2, 0) is 4.79 Å². The van der Waals surface area contributed by atoms with Crippen LogP contribution in [0.15, 0.2) is 51.7 Å². The highest BCUT2D eigenvalue weighted by molar-refractivity contribution is 7.99. The Hall–Kier alpha value is -2.65. The lowest BCUT2D eigenvalue weighted by Gasteiger charge is -2.12. The summed E-state index contributed by atoms with van der Waals surface area (Å²) in [4.78, 5) is 41.7. The molecule has 0 saturated carbocycles. The zero-order valence-electron chi connectivity index (χ0n) is 14.8. The summed E-state index contributed by atoms with van der Waals surface area (Å²) in [5, 5.41) is 7.61. The molecule has 140 valence electrons. The van der Waals surface area contributed by atoms with Gasteiger partial charge in [-0.05, 0) is 37.4 Å². The lowest BCUT2D eigenvalue weighted by molar-refractivity contribution is -0.117. The average Bonchev–Trinajstić information content (AvgIpc) is 3.09. The number of fused-ring (bicyclic) bond motifs is 1. The maximum atomic E-state index is 12.9. The molecule has 0 fully saturated rings. The number of aromatic nitrogens is 2. The predicted molar refractivity (Wildman–Crippen MR) is 108 cm³/mol. The van der Waals surface area contributed by atoms with Gasteiger partial charge in [-0.15, -0.1) is 11.3 Å². The standard InChI is InChI=1S/C18H18N4O3S2/c1-11(2)19-17(25)20-14(23)10-27-18-21-15-13(8-9-26-15)16(24)22(18)12-6-4-3-5-7-12/h3-9,11H,10H2,1-2H3,(H2,19,20,23,25). The van der Waals surface area contributed by atoms with Crippen LogP contribution in [-0.4, -0.2) is 33.3 Å². The van der Waals surface area contributed by atoms with Gasteiger partial charge in [0.05, 0.1) is 16.8 Å². The Balaban J connectivity index is 1.86. The van der Waals surface area contributed by atoms with E-state index in [0.29, 0.717) is 21.1 Å². The first kappa shape index (κ1) is 19.1. The molecule has 0 aliphatic rings. The first-order valence-corrected chi connectivity index (χ1v) is 10.1. The predicted octanol–water partition coefficient (Wildman–Crippen LogP) is 2.77. The fourth-order valence-electron chi connectivity index (χ4n) is 2.39. The molecule has 2 heterocycles. The molecule has 0 spiro atoms. The van der Waals surface area contributed by atoms with Crippen molar-refractivity contribution in [2.45, 2.75) is 25.0 Å².